The van der Waals surface area contributed by atoms with E-state index in [1.54, 1.807) is 0 Å². The molecule has 2 N–H and O–H groups in total. The van der Waals surface area contributed by atoms with Crippen molar-refractivity contribution in [2.45, 2.75) is 51.5 Å². The van der Waals surface area contributed by atoms with Crippen molar-refractivity contribution in [3.63, 3.8) is 0 Å². The Kier molecular flexibility index (Phi) is 3.41. The molecule has 1 aromatic heterocycles. The van der Waals surface area contributed by atoms with Crippen LogP contribution in [-0.4, -0.2) is 16.3 Å². The first-order valence-electron chi connectivity index (χ1n) is 6.06. The summed E-state index contributed by atoms with van der Waals surface area (Å²) < 4.78 is 2.23. The average molecular weight is 207 g/mol. The number of nitrogens with two attached hydrogens (primary N) is 1. The number of rotatable bonds is 3. The molecule has 0 saturated heterocycles. The van der Waals surface area contributed by atoms with E-state index in [1.165, 1.54) is 43.4 Å². The number of hydrogen-bond acceptors (Lipinski definition) is 2. The lowest BCUT2D eigenvalue weighted by Crippen LogP contribution is -2.15. The minimum absolute atomic E-state index is 0.644. The summed E-state index contributed by atoms with van der Waals surface area (Å²) in [4.78, 5) is 0. The van der Waals surface area contributed by atoms with E-state index >= 15 is 0 Å². The molecule has 0 spiro atoms. The summed E-state index contributed by atoms with van der Waals surface area (Å²) in [5.41, 5.74) is 8.23. The fourth-order valence-electron chi connectivity index (χ4n) is 2.55. The standard InChI is InChI=1S/C12H21N3/c1-10-11(7-8-13)9-14-15(10)12-5-3-2-4-6-12/h9,12H,2-8,13H2,1H3. The van der Waals surface area contributed by atoms with Crippen LogP contribution in [0.5, 0.6) is 0 Å². The van der Waals surface area contributed by atoms with E-state index < -0.39 is 0 Å². The van der Waals surface area contributed by atoms with Gasteiger partial charge in [0.1, 0.15) is 0 Å². The maximum Gasteiger partial charge on any atom is 0.0525 e. The van der Waals surface area contributed by atoms with E-state index in [-0.39, 0.29) is 0 Å². The van der Waals surface area contributed by atoms with E-state index in [0.29, 0.717) is 6.04 Å². The van der Waals surface area contributed by atoms with Crippen LogP contribution in [0.4, 0.5) is 0 Å². The van der Waals surface area contributed by atoms with Gasteiger partial charge >= 0.3 is 0 Å². The Balaban J connectivity index is 2.13. The molecule has 1 aliphatic rings. The Bertz CT molecular complexity index is 311. The second kappa shape index (κ2) is 4.79. The first-order chi connectivity index (χ1) is 7.33. The van der Waals surface area contributed by atoms with Crippen LogP contribution < -0.4 is 5.73 Å². The van der Waals surface area contributed by atoms with Crippen LogP contribution in [0, 0.1) is 6.92 Å². The summed E-state index contributed by atoms with van der Waals surface area (Å²) in [7, 11) is 0. The predicted molar refractivity (Wildman–Crippen MR) is 61.8 cm³/mol. The maximum absolute atomic E-state index is 5.58. The minimum Gasteiger partial charge on any atom is -0.330 e. The van der Waals surface area contributed by atoms with Gasteiger partial charge in [0.05, 0.1) is 12.2 Å². The lowest BCUT2D eigenvalue weighted by Gasteiger charge is -2.23. The van der Waals surface area contributed by atoms with Crippen LogP contribution in [-0.2, 0) is 6.42 Å². The van der Waals surface area contributed by atoms with Crippen molar-refractivity contribution in [1.82, 2.24) is 9.78 Å². The maximum atomic E-state index is 5.58. The monoisotopic (exact) mass is 207 g/mol. The van der Waals surface area contributed by atoms with E-state index in [0.717, 1.165) is 13.0 Å². The first kappa shape index (κ1) is 10.7. The zero-order valence-electron chi connectivity index (χ0n) is 9.58. The van der Waals surface area contributed by atoms with Crippen LogP contribution >= 0.6 is 0 Å². The summed E-state index contributed by atoms with van der Waals surface area (Å²) >= 11 is 0. The number of nitrogens with zero attached hydrogens (tertiary/aromatic N) is 2. The fraction of sp³-hybridized carbons (Fsp3) is 0.750. The van der Waals surface area contributed by atoms with Gasteiger partial charge in [-0.05, 0) is 38.3 Å². The van der Waals surface area contributed by atoms with Gasteiger partial charge in [-0.3, -0.25) is 4.68 Å². The Labute approximate surface area is 91.7 Å². The van der Waals surface area contributed by atoms with Crippen molar-refractivity contribution in [2.24, 2.45) is 5.73 Å². The van der Waals surface area contributed by atoms with Crippen LogP contribution in [0.3, 0.4) is 0 Å². The molecule has 1 heterocycles. The topological polar surface area (TPSA) is 43.8 Å². The van der Waals surface area contributed by atoms with E-state index in [2.05, 4.69) is 16.7 Å². The molecule has 3 heteroatoms. The summed E-state index contributed by atoms with van der Waals surface area (Å²) in [6.07, 6.45) is 9.66. The molecule has 0 radical (unpaired) electrons. The second-order valence-electron chi connectivity index (χ2n) is 4.53. The molecule has 0 aromatic carbocycles. The van der Waals surface area contributed by atoms with Crippen molar-refractivity contribution in [1.29, 1.82) is 0 Å². The summed E-state index contributed by atoms with van der Waals surface area (Å²) in [6, 6.07) is 0.644. The van der Waals surface area contributed by atoms with Crippen molar-refractivity contribution in [3.05, 3.63) is 17.5 Å². The molecule has 1 fully saturated rings. The lowest BCUT2D eigenvalue weighted by molar-refractivity contribution is 0.324. The molecule has 1 saturated carbocycles. The fourth-order valence-corrected chi connectivity index (χ4v) is 2.55. The summed E-state index contributed by atoms with van der Waals surface area (Å²) in [5.74, 6) is 0. The highest BCUT2D eigenvalue weighted by atomic mass is 15.3. The van der Waals surface area contributed by atoms with Gasteiger partial charge in [-0.2, -0.15) is 5.10 Å². The molecule has 84 valence electrons. The molecule has 1 aliphatic carbocycles. The molecule has 15 heavy (non-hydrogen) atoms. The number of hydrogen-bond donors (Lipinski definition) is 1. The SMILES string of the molecule is Cc1c(CCN)cnn1C1CCCCC1. The zero-order chi connectivity index (χ0) is 10.7. The van der Waals surface area contributed by atoms with Gasteiger partial charge in [-0.1, -0.05) is 19.3 Å². The largest absolute Gasteiger partial charge is 0.330 e. The molecule has 0 atom stereocenters. The smallest absolute Gasteiger partial charge is 0.0525 e. The van der Waals surface area contributed by atoms with Crippen LogP contribution in [0.1, 0.15) is 49.4 Å². The van der Waals surface area contributed by atoms with Gasteiger partial charge in [0.25, 0.3) is 0 Å². The molecule has 0 aliphatic heterocycles. The van der Waals surface area contributed by atoms with E-state index in [1.807, 2.05) is 6.20 Å². The third-order valence-corrected chi connectivity index (χ3v) is 3.48. The molecular formula is C12H21N3. The highest BCUT2D eigenvalue weighted by Crippen LogP contribution is 2.29. The first-order valence-corrected chi connectivity index (χ1v) is 6.06. The van der Waals surface area contributed by atoms with Gasteiger partial charge in [0, 0.05) is 5.69 Å². The molecular weight excluding hydrogens is 186 g/mol. The Morgan fingerprint density at radius 3 is 2.80 bits per heavy atom. The van der Waals surface area contributed by atoms with Crippen molar-refractivity contribution in [2.75, 3.05) is 6.54 Å². The highest BCUT2D eigenvalue weighted by Gasteiger charge is 2.18. The van der Waals surface area contributed by atoms with Crippen molar-refractivity contribution < 1.29 is 0 Å². The van der Waals surface area contributed by atoms with Crippen molar-refractivity contribution in [3.8, 4) is 0 Å². The highest BCUT2D eigenvalue weighted by molar-refractivity contribution is 5.17. The zero-order valence-corrected chi connectivity index (χ0v) is 9.58. The number of aromatic nitrogens is 2. The van der Waals surface area contributed by atoms with Gasteiger partial charge < -0.3 is 5.73 Å². The van der Waals surface area contributed by atoms with E-state index in [9.17, 15) is 0 Å². The van der Waals surface area contributed by atoms with Gasteiger partial charge in [-0.15, -0.1) is 0 Å². The van der Waals surface area contributed by atoms with Crippen LogP contribution in [0.15, 0.2) is 6.20 Å². The van der Waals surface area contributed by atoms with E-state index in [4.69, 9.17) is 5.73 Å². The third-order valence-electron chi connectivity index (χ3n) is 3.48. The third kappa shape index (κ3) is 2.23. The Morgan fingerprint density at radius 2 is 2.13 bits per heavy atom. The van der Waals surface area contributed by atoms with Gasteiger partial charge in [0.2, 0.25) is 0 Å². The molecule has 3 nitrogen and oxygen atoms in total. The molecule has 0 amide bonds. The lowest BCUT2D eigenvalue weighted by atomic mass is 9.95. The summed E-state index contributed by atoms with van der Waals surface area (Å²) in [6.45, 7) is 2.89. The molecule has 0 bridgehead atoms. The normalized spacial score (nSPS) is 18.3. The van der Waals surface area contributed by atoms with Crippen LogP contribution in [0.25, 0.3) is 0 Å². The second-order valence-corrected chi connectivity index (χ2v) is 4.53. The quantitative estimate of drug-likeness (QED) is 0.825. The van der Waals surface area contributed by atoms with Gasteiger partial charge in [0.15, 0.2) is 0 Å². The predicted octanol–water partition coefficient (Wildman–Crippen LogP) is 2.20. The molecule has 0 unspecified atom stereocenters. The van der Waals surface area contributed by atoms with Crippen molar-refractivity contribution >= 4 is 0 Å². The van der Waals surface area contributed by atoms with Crippen LogP contribution in [0.2, 0.25) is 0 Å². The van der Waals surface area contributed by atoms with Gasteiger partial charge in [-0.25, -0.2) is 0 Å². The Morgan fingerprint density at radius 1 is 1.40 bits per heavy atom. The average Bonchev–Trinajstić information content (AvgIpc) is 2.63. The Hall–Kier alpha value is -0.830. The summed E-state index contributed by atoms with van der Waals surface area (Å²) in [5, 5.41) is 4.52. The molecule has 1 aromatic rings. The minimum atomic E-state index is 0.644. The molecule has 2 rings (SSSR count).